The molecule has 7 nitrogen and oxygen atoms in total. The summed E-state index contributed by atoms with van der Waals surface area (Å²) in [7, 11) is -3.22. The van der Waals surface area contributed by atoms with Crippen LogP contribution in [0.4, 0.5) is 0 Å². The number of aromatic nitrogens is 1. The summed E-state index contributed by atoms with van der Waals surface area (Å²) in [6, 6.07) is 11.4. The Balaban J connectivity index is 0.00000306. The fourth-order valence-electron chi connectivity index (χ4n) is 4.86. The van der Waals surface area contributed by atoms with Crippen molar-refractivity contribution in [1.82, 2.24) is 19.7 Å². The molecule has 0 unspecified atom stereocenters. The van der Waals surface area contributed by atoms with Gasteiger partial charge < -0.3 is 4.90 Å². The highest BCUT2D eigenvalue weighted by Crippen LogP contribution is 2.23. The first kappa shape index (κ1) is 25.6. The fourth-order valence-corrected chi connectivity index (χ4v) is 5.80. The molecule has 0 bridgehead atoms. The van der Waals surface area contributed by atoms with E-state index in [1.807, 2.05) is 17.0 Å². The van der Waals surface area contributed by atoms with Crippen LogP contribution >= 0.6 is 12.4 Å². The van der Waals surface area contributed by atoms with Gasteiger partial charge >= 0.3 is 0 Å². The van der Waals surface area contributed by atoms with E-state index >= 15 is 0 Å². The summed E-state index contributed by atoms with van der Waals surface area (Å²) in [6.07, 6.45) is 7.73. The lowest BCUT2D eigenvalue weighted by Gasteiger charge is -2.38. The van der Waals surface area contributed by atoms with Crippen molar-refractivity contribution >= 4 is 28.2 Å². The van der Waals surface area contributed by atoms with Crippen LogP contribution in [0.2, 0.25) is 0 Å². The molecule has 180 valence electrons. The zero-order valence-electron chi connectivity index (χ0n) is 19.1. The number of amides is 1. The summed E-state index contributed by atoms with van der Waals surface area (Å²) >= 11 is 0. The van der Waals surface area contributed by atoms with Crippen LogP contribution < -0.4 is 0 Å². The average Bonchev–Trinajstić information content (AvgIpc) is 3.06. The summed E-state index contributed by atoms with van der Waals surface area (Å²) in [5.74, 6) is 0.0913. The minimum Gasteiger partial charge on any atom is -0.337 e. The molecule has 1 aromatic carbocycles. The normalized spacial score (nSPS) is 19.0. The summed E-state index contributed by atoms with van der Waals surface area (Å²) in [5, 5.41) is 0. The molecule has 1 amide bonds. The van der Waals surface area contributed by atoms with Crippen LogP contribution in [-0.2, 0) is 16.4 Å². The van der Waals surface area contributed by atoms with E-state index in [1.165, 1.54) is 6.26 Å². The molecule has 4 rings (SSSR count). The lowest BCUT2D eigenvalue weighted by Crippen LogP contribution is -2.46. The number of pyridine rings is 1. The molecule has 9 heteroatoms. The Labute approximate surface area is 203 Å². The van der Waals surface area contributed by atoms with Gasteiger partial charge in [0.25, 0.3) is 5.91 Å². The SMILES string of the molecule is CS(=O)(=O)c1ccccc1CN1CCC(N2CCCN(C(=O)c3ccncc3)CC2)CC1.Cl. The molecule has 3 heterocycles. The molecule has 0 aliphatic carbocycles. The highest BCUT2D eigenvalue weighted by molar-refractivity contribution is 7.90. The highest BCUT2D eigenvalue weighted by atomic mass is 35.5. The molecule has 2 aliphatic heterocycles. The number of rotatable bonds is 5. The average molecular weight is 493 g/mol. The molecule has 0 spiro atoms. The number of hydrogen-bond donors (Lipinski definition) is 0. The first-order valence-electron chi connectivity index (χ1n) is 11.4. The Bertz CT molecular complexity index is 1030. The highest BCUT2D eigenvalue weighted by Gasteiger charge is 2.28. The first-order valence-corrected chi connectivity index (χ1v) is 13.2. The Kier molecular flexibility index (Phi) is 8.87. The van der Waals surface area contributed by atoms with E-state index in [0.29, 0.717) is 23.0 Å². The lowest BCUT2D eigenvalue weighted by atomic mass is 10.0. The molecule has 0 radical (unpaired) electrons. The summed E-state index contributed by atoms with van der Waals surface area (Å²) in [5.41, 5.74) is 1.59. The molecular formula is C24H33ClN4O3S. The Morgan fingerprint density at radius 1 is 0.970 bits per heavy atom. The van der Waals surface area contributed by atoms with E-state index in [1.54, 1.807) is 36.7 Å². The maximum atomic E-state index is 12.8. The maximum absolute atomic E-state index is 12.8. The zero-order chi connectivity index (χ0) is 22.6. The van der Waals surface area contributed by atoms with Crippen LogP contribution in [0.25, 0.3) is 0 Å². The van der Waals surface area contributed by atoms with Gasteiger partial charge in [0.05, 0.1) is 4.90 Å². The predicted molar refractivity (Wildman–Crippen MR) is 131 cm³/mol. The van der Waals surface area contributed by atoms with Gasteiger partial charge in [0.1, 0.15) is 0 Å². The first-order chi connectivity index (χ1) is 15.4. The topological polar surface area (TPSA) is 73.8 Å². The number of hydrogen-bond acceptors (Lipinski definition) is 6. The monoisotopic (exact) mass is 492 g/mol. The van der Waals surface area contributed by atoms with Crippen LogP contribution in [0, 0.1) is 0 Å². The number of benzene rings is 1. The minimum absolute atomic E-state index is 0. The maximum Gasteiger partial charge on any atom is 0.254 e. The molecule has 2 fully saturated rings. The Morgan fingerprint density at radius 3 is 2.36 bits per heavy atom. The van der Waals surface area contributed by atoms with Crippen molar-refractivity contribution in [1.29, 1.82) is 0 Å². The molecule has 0 saturated carbocycles. The molecule has 0 N–H and O–H groups in total. The number of halogens is 1. The lowest BCUT2D eigenvalue weighted by molar-refractivity contribution is 0.0745. The number of nitrogens with zero attached hydrogens (tertiary/aromatic N) is 4. The van der Waals surface area contributed by atoms with Crippen molar-refractivity contribution in [2.24, 2.45) is 0 Å². The van der Waals surface area contributed by atoms with Gasteiger partial charge in [0, 0.05) is 63.0 Å². The fraction of sp³-hybridized carbons (Fsp3) is 0.500. The molecule has 1 aromatic heterocycles. The van der Waals surface area contributed by atoms with Crippen LogP contribution in [0.15, 0.2) is 53.7 Å². The van der Waals surface area contributed by atoms with E-state index in [2.05, 4.69) is 14.8 Å². The van der Waals surface area contributed by atoms with Gasteiger partial charge in [0.2, 0.25) is 0 Å². The molecule has 2 saturated heterocycles. The van der Waals surface area contributed by atoms with E-state index in [4.69, 9.17) is 0 Å². The van der Waals surface area contributed by atoms with Crippen molar-refractivity contribution in [3.05, 3.63) is 59.9 Å². The summed E-state index contributed by atoms with van der Waals surface area (Å²) in [6.45, 7) is 6.05. The molecular weight excluding hydrogens is 460 g/mol. The Hall–Kier alpha value is -2.00. The van der Waals surface area contributed by atoms with Crippen molar-refractivity contribution in [3.63, 3.8) is 0 Å². The summed E-state index contributed by atoms with van der Waals surface area (Å²) < 4.78 is 24.2. The molecule has 0 atom stereocenters. The van der Waals surface area contributed by atoms with Crippen LogP contribution in [0.3, 0.4) is 0 Å². The van der Waals surface area contributed by atoms with E-state index in [0.717, 1.165) is 64.1 Å². The quantitative estimate of drug-likeness (QED) is 0.639. The van der Waals surface area contributed by atoms with Gasteiger partial charge in [-0.25, -0.2) is 8.42 Å². The number of carbonyl (C=O) groups excluding carboxylic acids is 1. The van der Waals surface area contributed by atoms with Crippen molar-refractivity contribution in [3.8, 4) is 0 Å². The smallest absolute Gasteiger partial charge is 0.254 e. The largest absolute Gasteiger partial charge is 0.337 e. The third-order valence-corrected chi connectivity index (χ3v) is 7.78. The third-order valence-electron chi connectivity index (χ3n) is 6.58. The third kappa shape index (κ3) is 6.53. The van der Waals surface area contributed by atoms with Gasteiger partial charge in [-0.1, -0.05) is 18.2 Å². The van der Waals surface area contributed by atoms with Gasteiger partial charge in [-0.05, 0) is 56.1 Å². The van der Waals surface area contributed by atoms with E-state index in [-0.39, 0.29) is 18.3 Å². The second-order valence-corrected chi connectivity index (χ2v) is 10.8. The molecule has 2 aliphatic rings. The van der Waals surface area contributed by atoms with Gasteiger partial charge in [-0.3, -0.25) is 19.6 Å². The van der Waals surface area contributed by atoms with Crippen LogP contribution in [0.1, 0.15) is 35.2 Å². The summed E-state index contributed by atoms with van der Waals surface area (Å²) in [4.78, 5) is 24.1. The minimum atomic E-state index is -3.22. The van der Waals surface area contributed by atoms with Crippen molar-refractivity contribution in [2.75, 3.05) is 45.5 Å². The van der Waals surface area contributed by atoms with Crippen molar-refractivity contribution in [2.45, 2.75) is 36.7 Å². The van der Waals surface area contributed by atoms with Gasteiger partial charge in [-0.2, -0.15) is 0 Å². The second kappa shape index (κ2) is 11.4. The van der Waals surface area contributed by atoms with Gasteiger partial charge in [0.15, 0.2) is 9.84 Å². The number of piperidine rings is 1. The predicted octanol–water partition coefficient (Wildman–Crippen LogP) is 2.72. The number of sulfone groups is 1. The standard InChI is InChI=1S/C24H32N4O3S.ClH/c1-32(30,31)23-6-3-2-5-21(23)19-26-15-9-22(10-16-26)27-13-4-14-28(18-17-27)24(29)20-7-11-25-12-8-20;/h2-3,5-8,11-12,22H,4,9-10,13-19H2,1H3;1H. The zero-order valence-corrected chi connectivity index (χ0v) is 20.7. The van der Waals surface area contributed by atoms with Crippen LogP contribution in [-0.4, -0.2) is 85.6 Å². The Morgan fingerprint density at radius 2 is 1.67 bits per heavy atom. The van der Waals surface area contributed by atoms with E-state index in [9.17, 15) is 13.2 Å². The van der Waals surface area contributed by atoms with Crippen molar-refractivity contribution < 1.29 is 13.2 Å². The number of likely N-dealkylation sites (tertiary alicyclic amines) is 1. The molecule has 33 heavy (non-hydrogen) atoms. The molecule has 2 aromatic rings. The second-order valence-electron chi connectivity index (χ2n) is 8.80. The van der Waals surface area contributed by atoms with Gasteiger partial charge in [-0.15, -0.1) is 12.4 Å². The van der Waals surface area contributed by atoms with E-state index < -0.39 is 9.84 Å². The van der Waals surface area contributed by atoms with Crippen LogP contribution in [0.5, 0.6) is 0 Å². The number of carbonyl (C=O) groups is 1.